The molecule has 4 atom stereocenters. The van der Waals surface area contributed by atoms with Gasteiger partial charge in [0.05, 0.1) is 6.04 Å². The SMILES string of the molecule is C#CC(CC1CC2CCC1C2)NCC. The molecule has 0 aliphatic heterocycles. The monoisotopic (exact) mass is 191 g/mol. The average molecular weight is 191 g/mol. The van der Waals surface area contributed by atoms with Crippen LogP contribution in [0.2, 0.25) is 0 Å². The number of terminal acetylenes is 1. The van der Waals surface area contributed by atoms with Gasteiger partial charge in [-0.3, -0.25) is 0 Å². The molecule has 0 saturated heterocycles. The van der Waals surface area contributed by atoms with Crippen LogP contribution in [0.4, 0.5) is 0 Å². The molecule has 2 aliphatic rings. The second-order valence-electron chi connectivity index (χ2n) is 4.95. The second-order valence-corrected chi connectivity index (χ2v) is 4.95. The van der Waals surface area contributed by atoms with E-state index in [-0.39, 0.29) is 0 Å². The van der Waals surface area contributed by atoms with Gasteiger partial charge >= 0.3 is 0 Å². The Balaban J connectivity index is 1.82. The molecule has 2 aliphatic carbocycles. The zero-order valence-electron chi connectivity index (χ0n) is 9.13. The lowest BCUT2D eigenvalue weighted by molar-refractivity contribution is 0.297. The number of fused-ring (bicyclic) bond motifs is 2. The minimum Gasteiger partial charge on any atom is -0.304 e. The molecule has 2 fully saturated rings. The zero-order valence-corrected chi connectivity index (χ0v) is 9.13. The molecule has 2 bridgehead atoms. The van der Waals surface area contributed by atoms with Gasteiger partial charge in [-0.05, 0) is 50.0 Å². The van der Waals surface area contributed by atoms with E-state index < -0.39 is 0 Å². The van der Waals surface area contributed by atoms with Crippen molar-refractivity contribution >= 4 is 0 Å². The molecular weight excluding hydrogens is 170 g/mol. The van der Waals surface area contributed by atoms with Crippen LogP contribution in [0.3, 0.4) is 0 Å². The number of hydrogen-bond acceptors (Lipinski definition) is 1. The summed E-state index contributed by atoms with van der Waals surface area (Å²) < 4.78 is 0. The van der Waals surface area contributed by atoms with Crippen molar-refractivity contribution in [2.75, 3.05) is 6.54 Å². The first-order chi connectivity index (χ1) is 6.83. The van der Waals surface area contributed by atoms with Crippen LogP contribution in [-0.2, 0) is 0 Å². The second kappa shape index (κ2) is 4.36. The molecule has 0 aromatic heterocycles. The smallest absolute Gasteiger partial charge is 0.0689 e. The molecule has 0 amide bonds. The van der Waals surface area contributed by atoms with Gasteiger partial charge < -0.3 is 5.32 Å². The molecule has 1 nitrogen and oxygen atoms in total. The number of hydrogen-bond donors (Lipinski definition) is 1. The Hall–Kier alpha value is -0.480. The van der Waals surface area contributed by atoms with Crippen molar-refractivity contribution in [1.29, 1.82) is 0 Å². The van der Waals surface area contributed by atoms with Gasteiger partial charge in [0.15, 0.2) is 0 Å². The summed E-state index contributed by atoms with van der Waals surface area (Å²) in [5.74, 6) is 5.86. The standard InChI is InChI=1S/C13H21N/c1-3-13(14-4-2)9-12-8-10-5-6-11(12)7-10/h1,10-14H,4-9H2,2H3. The van der Waals surface area contributed by atoms with E-state index in [0.717, 1.165) is 24.3 Å². The molecule has 1 heteroatoms. The summed E-state index contributed by atoms with van der Waals surface area (Å²) in [6, 6.07) is 0.323. The summed E-state index contributed by atoms with van der Waals surface area (Å²) in [7, 11) is 0. The Morgan fingerprint density at radius 1 is 1.43 bits per heavy atom. The van der Waals surface area contributed by atoms with Gasteiger partial charge in [-0.15, -0.1) is 6.42 Å². The van der Waals surface area contributed by atoms with E-state index >= 15 is 0 Å². The first kappa shape index (κ1) is 10.1. The molecule has 0 spiro atoms. The number of rotatable bonds is 4. The van der Waals surface area contributed by atoms with Gasteiger partial charge in [0, 0.05) is 0 Å². The molecular formula is C13H21N. The lowest BCUT2D eigenvalue weighted by Gasteiger charge is -2.24. The van der Waals surface area contributed by atoms with Gasteiger partial charge in [-0.1, -0.05) is 19.3 Å². The molecule has 14 heavy (non-hydrogen) atoms. The summed E-state index contributed by atoms with van der Waals surface area (Å²) in [5.41, 5.74) is 0. The minimum absolute atomic E-state index is 0.323. The van der Waals surface area contributed by atoms with Crippen molar-refractivity contribution in [1.82, 2.24) is 5.32 Å². The van der Waals surface area contributed by atoms with E-state index in [1.54, 1.807) is 0 Å². The van der Waals surface area contributed by atoms with E-state index in [1.807, 2.05) is 0 Å². The van der Waals surface area contributed by atoms with Crippen molar-refractivity contribution in [2.24, 2.45) is 17.8 Å². The predicted octanol–water partition coefficient (Wildman–Crippen LogP) is 2.42. The molecule has 78 valence electrons. The van der Waals surface area contributed by atoms with Crippen LogP contribution in [0, 0.1) is 30.1 Å². The maximum atomic E-state index is 5.52. The third-order valence-electron chi connectivity index (χ3n) is 4.07. The van der Waals surface area contributed by atoms with Crippen LogP contribution < -0.4 is 5.32 Å². The van der Waals surface area contributed by atoms with Gasteiger partial charge in [0.1, 0.15) is 0 Å². The molecule has 0 heterocycles. The third-order valence-corrected chi connectivity index (χ3v) is 4.07. The fourth-order valence-electron chi connectivity index (χ4n) is 3.42. The lowest BCUT2D eigenvalue weighted by Crippen LogP contribution is -2.30. The summed E-state index contributed by atoms with van der Waals surface area (Å²) in [6.07, 6.45) is 12.6. The molecule has 2 saturated carbocycles. The Bertz CT molecular complexity index is 228. The Morgan fingerprint density at radius 2 is 2.29 bits per heavy atom. The molecule has 2 rings (SSSR count). The van der Waals surface area contributed by atoms with Crippen molar-refractivity contribution in [3.8, 4) is 12.3 Å². The molecule has 4 unspecified atom stereocenters. The minimum atomic E-state index is 0.323. The summed E-state index contributed by atoms with van der Waals surface area (Å²) in [6.45, 7) is 3.13. The van der Waals surface area contributed by atoms with Crippen molar-refractivity contribution in [3.05, 3.63) is 0 Å². The largest absolute Gasteiger partial charge is 0.304 e. The van der Waals surface area contributed by atoms with Crippen molar-refractivity contribution in [2.45, 2.75) is 45.1 Å². The molecule has 0 radical (unpaired) electrons. The lowest BCUT2D eigenvalue weighted by atomic mass is 9.84. The molecule has 0 aromatic carbocycles. The van der Waals surface area contributed by atoms with Gasteiger partial charge in [-0.25, -0.2) is 0 Å². The molecule has 0 aromatic rings. The van der Waals surface area contributed by atoms with E-state index in [2.05, 4.69) is 18.2 Å². The van der Waals surface area contributed by atoms with Crippen LogP contribution in [0.15, 0.2) is 0 Å². The Labute approximate surface area is 87.7 Å². The quantitative estimate of drug-likeness (QED) is 0.673. The summed E-state index contributed by atoms with van der Waals surface area (Å²) >= 11 is 0. The first-order valence-corrected chi connectivity index (χ1v) is 6.03. The summed E-state index contributed by atoms with van der Waals surface area (Å²) in [5, 5.41) is 3.38. The van der Waals surface area contributed by atoms with E-state index in [4.69, 9.17) is 6.42 Å². The molecule has 1 N–H and O–H groups in total. The fourth-order valence-corrected chi connectivity index (χ4v) is 3.42. The van der Waals surface area contributed by atoms with E-state index in [0.29, 0.717) is 6.04 Å². The van der Waals surface area contributed by atoms with Gasteiger partial charge in [-0.2, -0.15) is 0 Å². The van der Waals surface area contributed by atoms with E-state index in [9.17, 15) is 0 Å². The van der Waals surface area contributed by atoms with Crippen LogP contribution in [0.1, 0.15) is 39.0 Å². The maximum Gasteiger partial charge on any atom is 0.0689 e. The predicted molar refractivity (Wildman–Crippen MR) is 59.9 cm³/mol. The first-order valence-electron chi connectivity index (χ1n) is 6.03. The Morgan fingerprint density at radius 3 is 2.79 bits per heavy atom. The van der Waals surface area contributed by atoms with Crippen LogP contribution >= 0.6 is 0 Å². The normalized spacial score (nSPS) is 37.0. The van der Waals surface area contributed by atoms with Crippen molar-refractivity contribution < 1.29 is 0 Å². The fraction of sp³-hybridized carbons (Fsp3) is 0.846. The highest BCUT2D eigenvalue weighted by atomic mass is 14.9. The highest BCUT2D eigenvalue weighted by Gasteiger charge is 2.39. The van der Waals surface area contributed by atoms with Crippen LogP contribution in [-0.4, -0.2) is 12.6 Å². The summed E-state index contributed by atoms with van der Waals surface area (Å²) in [4.78, 5) is 0. The highest BCUT2D eigenvalue weighted by Crippen LogP contribution is 2.49. The van der Waals surface area contributed by atoms with Crippen LogP contribution in [0.25, 0.3) is 0 Å². The van der Waals surface area contributed by atoms with Gasteiger partial charge in [0.25, 0.3) is 0 Å². The topological polar surface area (TPSA) is 12.0 Å². The zero-order chi connectivity index (χ0) is 9.97. The van der Waals surface area contributed by atoms with Crippen molar-refractivity contribution in [3.63, 3.8) is 0 Å². The Kier molecular flexibility index (Phi) is 3.13. The van der Waals surface area contributed by atoms with Crippen LogP contribution in [0.5, 0.6) is 0 Å². The third kappa shape index (κ3) is 1.96. The maximum absolute atomic E-state index is 5.52. The average Bonchev–Trinajstić information content (AvgIpc) is 2.78. The highest BCUT2D eigenvalue weighted by molar-refractivity contribution is 5.02. The van der Waals surface area contributed by atoms with E-state index in [1.165, 1.54) is 32.1 Å². The van der Waals surface area contributed by atoms with Gasteiger partial charge in [0.2, 0.25) is 0 Å². The number of nitrogens with one attached hydrogen (secondary N) is 1.